The van der Waals surface area contributed by atoms with Crippen LogP contribution in [-0.2, 0) is 11.3 Å². The summed E-state index contributed by atoms with van der Waals surface area (Å²) in [6, 6.07) is 16.2. The van der Waals surface area contributed by atoms with Gasteiger partial charge in [0.15, 0.2) is 0 Å². The van der Waals surface area contributed by atoms with Crippen LogP contribution in [0, 0.1) is 6.92 Å². The van der Waals surface area contributed by atoms with Crippen LogP contribution in [0.25, 0.3) is 27.7 Å². The van der Waals surface area contributed by atoms with Crippen LogP contribution in [0.3, 0.4) is 0 Å². The molecule has 2 aromatic carbocycles. The molecule has 0 bridgehead atoms. The molecule has 0 saturated carbocycles. The number of carbonyl (C=O) groups is 1. The molecule has 0 fully saturated rings. The van der Waals surface area contributed by atoms with Gasteiger partial charge in [-0.3, -0.25) is 4.79 Å². The topological polar surface area (TPSA) is 51.5 Å². The summed E-state index contributed by atoms with van der Waals surface area (Å²) < 4.78 is 11.9. The number of benzene rings is 2. The molecule has 1 N–H and O–H groups in total. The molecule has 0 unspecified atom stereocenters. The average molecular weight is 432 g/mol. The molecule has 0 aliphatic heterocycles. The van der Waals surface area contributed by atoms with E-state index in [1.165, 1.54) is 0 Å². The highest BCUT2D eigenvalue weighted by atomic mass is 32.1. The molecule has 5 heteroatoms. The third-order valence-electron chi connectivity index (χ3n) is 5.21. The highest BCUT2D eigenvalue weighted by molar-refractivity contribution is 7.09. The van der Waals surface area contributed by atoms with Crippen molar-refractivity contribution in [2.24, 2.45) is 0 Å². The lowest BCUT2D eigenvalue weighted by atomic mass is 9.96. The first kappa shape index (κ1) is 20.9. The number of hydrogen-bond acceptors (Lipinski definition) is 4. The Labute approximate surface area is 186 Å². The highest BCUT2D eigenvalue weighted by Gasteiger charge is 2.19. The smallest absolute Gasteiger partial charge is 0.244 e. The zero-order valence-electron chi connectivity index (χ0n) is 17.9. The lowest BCUT2D eigenvalue weighted by molar-refractivity contribution is -0.116. The Morgan fingerprint density at radius 2 is 2.00 bits per heavy atom. The van der Waals surface area contributed by atoms with Gasteiger partial charge >= 0.3 is 0 Å². The molecule has 4 rings (SSSR count). The van der Waals surface area contributed by atoms with Gasteiger partial charge in [0.05, 0.1) is 19.4 Å². The van der Waals surface area contributed by atoms with E-state index in [0.717, 1.165) is 49.4 Å². The number of hydrogen-bond donors (Lipinski definition) is 1. The van der Waals surface area contributed by atoms with E-state index in [1.54, 1.807) is 23.7 Å². The molecule has 0 aliphatic rings. The molecule has 2 heterocycles. The highest BCUT2D eigenvalue weighted by Crippen LogP contribution is 2.40. The molecular weight excluding hydrogens is 406 g/mol. The Kier molecular flexibility index (Phi) is 6.23. The number of carbonyl (C=O) groups excluding carboxylic acids is 1. The van der Waals surface area contributed by atoms with E-state index in [1.807, 2.05) is 56.5 Å². The first-order valence-corrected chi connectivity index (χ1v) is 11.2. The second kappa shape index (κ2) is 9.23. The third-order valence-corrected chi connectivity index (χ3v) is 6.08. The number of allylic oxidation sites excluding steroid dienone is 1. The van der Waals surface area contributed by atoms with Crippen molar-refractivity contribution in [3.05, 3.63) is 82.3 Å². The molecule has 1 amide bonds. The summed E-state index contributed by atoms with van der Waals surface area (Å²) in [6.45, 7) is 6.95. The van der Waals surface area contributed by atoms with E-state index in [2.05, 4.69) is 23.5 Å². The largest absolute Gasteiger partial charge is 0.493 e. The van der Waals surface area contributed by atoms with Crippen LogP contribution < -0.4 is 10.1 Å². The van der Waals surface area contributed by atoms with Crippen LogP contribution in [-0.4, -0.2) is 12.5 Å². The van der Waals surface area contributed by atoms with E-state index in [0.29, 0.717) is 13.2 Å². The predicted octanol–water partition coefficient (Wildman–Crippen LogP) is 6.59. The number of aryl methyl sites for hydroxylation is 1. The van der Waals surface area contributed by atoms with Gasteiger partial charge in [-0.1, -0.05) is 36.4 Å². The number of furan rings is 1. The normalized spacial score (nSPS) is 11.6. The number of thiophene rings is 1. The van der Waals surface area contributed by atoms with Gasteiger partial charge in [-0.15, -0.1) is 11.3 Å². The lowest BCUT2D eigenvalue weighted by Crippen LogP contribution is -2.20. The summed E-state index contributed by atoms with van der Waals surface area (Å²) in [6.07, 6.45) is 3.43. The van der Waals surface area contributed by atoms with Crippen molar-refractivity contribution < 1.29 is 13.9 Å². The molecule has 4 nitrogen and oxygen atoms in total. The minimum Gasteiger partial charge on any atom is -0.493 e. The number of amides is 1. The van der Waals surface area contributed by atoms with Crippen LogP contribution in [0.15, 0.2) is 70.7 Å². The predicted molar refractivity (Wildman–Crippen MR) is 127 cm³/mol. The average Bonchev–Trinajstić information content (AvgIpc) is 3.44. The fourth-order valence-corrected chi connectivity index (χ4v) is 4.34. The Morgan fingerprint density at radius 3 is 2.71 bits per heavy atom. The molecule has 0 atom stereocenters. The van der Waals surface area contributed by atoms with E-state index in [4.69, 9.17) is 9.15 Å². The molecule has 2 aromatic heterocycles. The summed E-state index contributed by atoms with van der Waals surface area (Å²) >= 11 is 1.63. The van der Waals surface area contributed by atoms with Crippen LogP contribution in [0.5, 0.6) is 5.75 Å². The number of ether oxygens (including phenoxy) is 1. The number of fused-ring (bicyclic) bond motifs is 1. The van der Waals surface area contributed by atoms with Crippen molar-refractivity contribution >= 4 is 33.8 Å². The van der Waals surface area contributed by atoms with E-state index >= 15 is 0 Å². The van der Waals surface area contributed by atoms with Crippen molar-refractivity contribution in [2.75, 3.05) is 6.61 Å². The standard InChI is InChI=1S/C26H25NO3S/c1-4-29-25-18(3)26-22(23(16-30-26)19-9-6-5-7-10-19)14-21(25)17(2)13-24(28)27-15-20-11-8-12-31-20/h5-14,16H,4,15H2,1-3H3,(H,27,28)/b17-13+. The van der Waals surface area contributed by atoms with Crippen LogP contribution in [0.4, 0.5) is 0 Å². The van der Waals surface area contributed by atoms with Crippen molar-refractivity contribution in [1.29, 1.82) is 0 Å². The summed E-state index contributed by atoms with van der Waals surface area (Å²) in [4.78, 5) is 13.7. The van der Waals surface area contributed by atoms with Crippen LogP contribution in [0.1, 0.15) is 29.9 Å². The van der Waals surface area contributed by atoms with Crippen LogP contribution in [0.2, 0.25) is 0 Å². The van der Waals surface area contributed by atoms with Crippen LogP contribution >= 0.6 is 11.3 Å². The van der Waals surface area contributed by atoms with Crippen molar-refractivity contribution in [3.8, 4) is 16.9 Å². The number of rotatable bonds is 7. The maximum absolute atomic E-state index is 12.5. The van der Waals surface area contributed by atoms with Gasteiger partial charge in [0.1, 0.15) is 11.3 Å². The van der Waals surface area contributed by atoms with E-state index in [-0.39, 0.29) is 5.91 Å². The van der Waals surface area contributed by atoms with Gasteiger partial charge in [0.2, 0.25) is 5.91 Å². The molecule has 0 radical (unpaired) electrons. The molecule has 158 valence electrons. The van der Waals surface area contributed by atoms with Crippen molar-refractivity contribution in [1.82, 2.24) is 5.32 Å². The molecular formula is C26H25NO3S. The fraction of sp³-hybridized carbons (Fsp3) is 0.192. The maximum atomic E-state index is 12.5. The summed E-state index contributed by atoms with van der Waals surface area (Å²) in [5, 5.41) is 5.97. The zero-order chi connectivity index (χ0) is 21.8. The first-order valence-electron chi connectivity index (χ1n) is 10.3. The summed E-state index contributed by atoms with van der Waals surface area (Å²) in [5.41, 5.74) is 5.60. The van der Waals surface area contributed by atoms with Gasteiger partial charge in [-0.2, -0.15) is 0 Å². The Bertz CT molecular complexity index is 1220. The van der Waals surface area contributed by atoms with Crippen molar-refractivity contribution in [3.63, 3.8) is 0 Å². The van der Waals surface area contributed by atoms with Gasteiger partial charge in [0, 0.05) is 33.0 Å². The molecule has 31 heavy (non-hydrogen) atoms. The molecule has 0 saturated heterocycles. The first-order chi connectivity index (χ1) is 15.1. The zero-order valence-corrected chi connectivity index (χ0v) is 18.7. The molecule has 4 aromatic rings. The monoisotopic (exact) mass is 431 g/mol. The quantitative estimate of drug-likeness (QED) is 0.336. The van der Waals surface area contributed by atoms with Gasteiger partial charge in [-0.05, 0) is 49.4 Å². The fourth-order valence-electron chi connectivity index (χ4n) is 3.69. The maximum Gasteiger partial charge on any atom is 0.244 e. The second-order valence-electron chi connectivity index (χ2n) is 7.33. The van der Waals surface area contributed by atoms with Gasteiger partial charge < -0.3 is 14.5 Å². The Morgan fingerprint density at radius 1 is 1.19 bits per heavy atom. The minimum atomic E-state index is -0.124. The molecule has 0 aliphatic carbocycles. The second-order valence-corrected chi connectivity index (χ2v) is 8.36. The Hall–Kier alpha value is -3.31. The summed E-state index contributed by atoms with van der Waals surface area (Å²) in [7, 11) is 0. The molecule has 0 spiro atoms. The van der Waals surface area contributed by atoms with Gasteiger partial charge in [-0.25, -0.2) is 0 Å². The van der Waals surface area contributed by atoms with E-state index in [9.17, 15) is 4.79 Å². The van der Waals surface area contributed by atoms with Crippen molar-refractivity contribution in [2.45, 2.75) is 27.3 Å². The number of nitrogens with one attached hydrogen (secondary N) is 1. The Balaban J connectivity index is 1.74. The van der Waals surface area contributed by atoms with Gasteiger partial charge in [0.25, 0.3) is 0 Å². The lowest BCUT2D eigenvalue weighted by Gasteiger charge is -2.15. The third kappa shape index (κ3) is 4.42. The van der Waals surface area contributed by atoms with E-state index < -0.39 is 0 Å². The minimum absolute atomic E-state index is 0.124. The SMILES string of the molecule is CCOc1c(/C(C)=C/C(=O)NCc2cccs2)cc2c(-c3ccccc3)coc2c1C. The summed E-state index contributed by atoms with van der Waals surface area (Å²) in [5.74, 6) is 0.630.